The minimum absolute atomic E-state index is 0.106. The predicted molar refractivity (Wildman–Crippen MR) is 73.3 cm³/mol. The first-order valence-electron chi connectivity index (χ1n) is 6.84. The number of carbonyl (C=O) groups excluding carboxylic acids is 1. The van der Waals surface area contributed by atoms with Gasteiger partial charge in [0.2, 0.25) is 0 Å². The van der Waals surface area contributed by atoms with Gasteiger partial charge in [-0.15, -0.1) is 0 Å². The van der Waals surface area contributed by atoms with E-state index in [1.54, 1.807) is 11.8 Å². The number of aliphatic carboxylic acids is 1. The van der Waals surface area contributed by atoms with Crippen molar-refractivity contribution in [2.45, 2.75) is 25.8 Å². The summed E-state index contributed by atoms with van der Waals surface area (Å²) in [6.07, 6.45) is 0.775. The van der Waals surface area contributed by atoms with E-state index in [-0.39, 0.29) is 19.2 Å². The third kappa shape index (κ3) is 3.10. The number of hydrogen-bond donors (Lipinski definition) is 1. The van der Waals surface area contributed by atoms with Crippen LogP contribution in [-0.2, 0) is 9.53 Å². The van der Waals surface area contributed by atoms with Crippen molar-refractivity contribution in [1.82, 2.24) is 4.90 Å². The first kappa shape index (κ1) is 14.4. The molecule has 1 fully saturated rings. The van der Waals surface area contributed by atoms with Gasteiger partial charge in [-0.05, 0) is 25.3 Å². The van der Waals surface area contributed by atoms with E-state index < -0.39 is 18.0 Å². The van der Waals surface area contributed by atoms with Crippen LogP contribution in [0.5, 0.6) is 0 Å². The van der Waals surface area contributed by atoms with Gasteiger partial charge in [-0.25, -0.2) is 4.79 Å². The average Bonchev–Trinajstić information content (AvgIpc) is 2.47. The van der Waals surface area contributed by atoms with E-state index in [2.05, 4.69) is 0 Å². The topological polar surface area (TPSA) is 66.8 Å². The van der Waals surface area contributed by atoms with E-state index >= 15 is 0 Å². The lowest BCUT2D eigenvalue weighted by Gasteiger charge is -2.37. The second kappa shape index (κ2) is 6.41. The SMILES string of the molecule is CCOC(=O)N1CC(C(=O)O)CCC1c1ccccc1. The molecular formula is C15H19NO4. The Balaban J connectivity index is 2.21. The van der Waals surface area contributed by atoms with Crippen molar-refractivity contribution < 1.29 is 19.4 Å². The van der Waals surface area contributed by atoms with E-state index in [0.717, 1.165) is 5.56 Å². The first-order valence-corrected chi connectivity index (χ1v) is 6.84. The summed E-state index contributed by atoms with van der Waals surface area (Å²) in [5.74, 6) is -1.37. The van der Waals surface area contributed by atoms with Crippen molar-refractivity contribution in [3.8, 4) is 0 Å². The Labute approximate surface area is 118 Å². The van der Waals surface area contributed by atoms with Crippen molar-refractivity contribution in [3.05, 3.63) is 35.9 Å². The Morgan fingerprint density at radius 1 is 1.30 bits per heavy atom. The van der Waals surface area contributed by atoms with Crippen LogP contribution in [0.25, 0.3) is 0 Å². The number of carboxylic acid groups (broad SMARTS) is 1. The molecule has 1 saturated heterocycles. The fraction of sp³-hybridized carbons (Fsp3) is 0.467. The molecule has 2 atom stereocenters. The second-order valence-corrected chi connectivity index (χ2v) is 4.89. The Hall–Kier alpha value is -2.04. The van der Waals surface area contributed by atoms with Crippen molar-refractivity contribution in [2.75, 3.05) is 13.2 Å². The van der Waals surface area contributed by atoms with E-state index in [4.69, 9.17) is 9.84 Å². The van der Waals surface area contributed by atoms with Crippen LogP contribution in [0.15, 0.2) is 30.3 Å². The number of benzene rings is 1. The highest BCUT2D eigenvalue weighted by Gasteiger charge is 2.36. The summed E-state index contributed by atoms with van der Waals surface area (Å²) in [6.45, 7) is 2.23. The fourth-order valence-corrected chi connectivity index (χ4v) is 2.60. The van der Waals surface area contributed by atoms with Crippen molar-refractivity contribution >= 4 is 12.1 Å². The summed E-state index contributed by atoms with van der Waals surface area (Å²) < 4.78 is 5.06. The van der Waals surface area contributed by atoms with E-state index in [1.165, 1.54) is 0 Å². The first-order chi connectivity index (χ1) is 9.63. The lowest BCUT2D eigenvalue weighted by molar-refractivity contribution is -0.143. The van der Waals surface area contributed by atoms with Gasteiger partial charge in [-0.2, -0.15) is 0 Å². The summed E-state index contributed by atoms with van der Waals surface area (Å²) in [6, 6.07) is 9.56. The van der Waals surface area contributed by atoms with Gasteiger partial charge in [-0.1, -0.05) is 30.3 Å². The third-order valence-electron chi connectivity index (χ3n) is 3.62. The molecule has 1 aromatic rings. The van der Waals surface area contributed by atoms with Gasteiger partial charge in [0.25, 0.3) is 0 Å². The molecule has 108 valence electrons. The molecule has 0 radical (unpaired) electrons. The molecule has 2 rings (SSSR count). The fourth-order valence-electron chi connectivity index (χ4n) is 2.60. The molecule has 2 unspecified atom stereocenters. The zero-order chi connectivity index (χ0) is 14.5. The molecule has 20 heavy (non-hydrogen) atoms. The van der Waals surface area contributed by atoms with Gasteiger partial charge >= 0.3 is 12.1 Å². The number of carboxylic acids is 1. The van der Waals surface area contributed by atoms with Crippen LogP contribution < -0.4 is 0 Å². The highest BCUT2D eigenvalue weighted by atomic mass is 16.6. The van der Waals surface area contributed by atoms with Gasteiger partial charge < -0.3 is 14.7 Å². The zero-order valence-electron chi connectivity index (χ0n) is 11.5. The average molecular weight is 277 g/mol. The molecule has 1 amide bonds. The van der Waals surface area contributed by atoms with Crippen LogP contribution in [0.2, 0.25) is 0 Å². The summed E-state index contributed by atoms with van der Waals surface area (Å²) in [5.41, 5.74) is 1.02. The van der Waals surface area contributed by atoms with E-state index in [0.29, 0.717) is 12.8 Å². The molecule has 5 nitrogen and oxygen atoms in total. The molecule has 0 saturated carbocycles. The minimum atomic E-state index is -0.856. The molecule has 0 aliphatic carbocycles. The summed E-state index contributed by atoms with van der Waals surface area (Å²) in [5, 5.41) is 9.15. The molecule has 1 aliphatic heterocycles. The maximum Gasteiger partial charge on any atom is 0.410 e. The molecule has 5 heteroatoms. The van der Waals surface area contributed by atoms with Crippen molar-refractivity contribution in [3.63, 3.8) is 0 Å². The van der Waals surface area contributed by atoms with Gasteiger partial charge in [0.05, 0.1) is 18.6 Å². The smallest absolute Gasteiger partial charge is 0.410 e. The Morgan fingerprint density at radius 2 is 2.00 bits per heavy atom. The standard InChI is InChI=1S/C15H19NO4/c1-2-20-15(19)16-10-12(14(17)18)8-9-13(16)11-6-4-3-5-7-11/h3-7,12-13H,2,8-10H2,1H3,(H,17,18). The quantitative estimate of drug-likeness (QED) is 0.922. The van der Waals surface area contributed by atoms with E-state index in [9.17, 15) is 9.59 Å². The zero-order valence-corrected chi connectivity index (χ0v) is 11.5. The number of ether oxygens (including phenoxy) is 1. The maximum absolute atomic E-state index is 12.1. The van der Waals surface area contributed by atoms with Crippen LogP contribution in [0.4, 0.5) is 4.79 Å². The van der Waals surface area contributed by atoms with Crippen LogP contribution in [0.1, 0.15) is 31.4 Å². The van der Waals surface area contributed by atoms with Crippen molar-refractivity contribution in [1.29, 1.82) is 0 Å². The number of carbonyl (C=O) groups is 2. The lowest BCUT2D eigenvalue weighted by Crippen LogP contribution is -2.44. The normalized spacial score (nSPS) is 22.4. The second-order valence-electron chi connectivity index (χ2n) is 4.89. The van der Waals surface area contributed by atoms with Crippen molar-refractivity contribution in [2.24, 2.45) is 5.92 Å². The number of rotatable bonds is 3. The summed E-state index contributed by atoms with van der Waals surface area (Å²) >= 11 is 0. The van der Waals surface area contributed by atoms with Gasteiger partial charge in [0.15, 0.2) is 0 Å². The summed E-state index contributed by atoms with van der Waals surface area (Å²) in [7, 11) is 0. The maximum atomic E-state index is 12.1. The van der Waals surface area contributed by atoms with Crippen LogP contribution in [0, 0.1) is 5.92 Å². The lowest BCUT2D eigenvalue weighted by atomic mass is 9.89. The Kier molecular flexibility index (Phi) is 4.61. The molecule has 0 aromatic heterocycles. The molecule has 1 aliphatic rings. The number of nitrogens with zero attached hydrogens (tertiary/aromatic N) is 1. The van der Waals surface area contributed by atoms with Gasteiger partial charge in [0, 0.05) is 6.54 Å². The number of likely N-dealkylation sites (tertiary alicyclic amines) is 1. The minimum Gasteiger partial charge on any atom is -0.481 e. The molecule has 1 aromatic carbocycles. The molecule has 0 spiro atoms. The van der Waals surface area contributed by atoms with Crippen LogP contribution in [0.3, 0.4) is 0 Å². The Bertz CT molecular complexity index is 474. The third-order valence-corrected chi connectivity index (χ3v) is 3.62. The molecule has 0 bridgehead atoms. The Morgan fingerprint density at radius 3 is 2.60 bits per heavy atom. The monoisotopic (exact) mass is 277 g/mol. The molecular weight excluding hydrogens is 258 g/mol. The molecule has 1 N–H and O–H groups in total. The van der Waals surface area contributed by atoms with Crippen LogP contribution in [-0.4, -0.2) is 35.2 Å². The predicted octanol–water partition coefficient (Wildman–Crippen LogP) is 2.68. The summed E-state index contributed by atoms with van der Waals surface area (Å²) in [4.78, 5) is 24.7. The van der Waals surface area contributed by atoms with Gasteiger partial charge in [0.1, 0.15) is 0 Å². The largest absolute Gasteiger partial charge is 0.481 e. The van der Waals surface area contributed by atoms with Gasteiger partial charge in [-0.3, -0.25) is 4.79 Å². The number of amides is 1. The number of piperidine rings is 1. The highest BCUT2D eigenvalue weighted by molar-refractivity contribution is 5.73. The number of hydrogen-bond acceptors (Lipinski definition) is 3. The highest BCUT2D eigenvalue weighted by Crippen LogP contribution is 2.33. The van der Waals surface area contributed by atoms with E-state index in [1.807, 2.05) is 30.3 Å². The van der Waals surface area contributed by atoms with Crippen LogP contribution >= 0.6 is 0 Å². The molecule has 1 heterocycles.